The lowest BCUT2D eigenvalue weighted by Crippen LogP contribution is -2.23. The van der Waals surface area contributed by atoms with E-state index in [9.17, 15) is 19.3 Å². The number of hydrogen-bond donors (Lipinski definition) is 1. The summed E-state index contributed by atoms with van der Waals surface area (Å²) in [7, 11) is 0. The molecule has 0 unspecified atom stereocenters. The van der Waals surface area contributed by atoms with Gasteiger partial charge in [-0.25, -0.2) is 9.82 Å². The predicted molar refractivity (Wildman–Crippen MR) is 123 cm³/mol. The molecule has 0 fully saturated rings. The topological polar surface area (TPSA) is 120 Å². The highest BCUT2D eigenvalue weighted by atomic mass is 35.5. The molecule has 172 valence electrons. The molecule has 0 aliphatic rings. The molecule has 0 aliphatic heterocycles. The standard InChI is InChI=1S/C22H17ClFN7O3/c23-19-7-4-8-20(24)18(19)13-30-11-16(22(28-30)15-5-2-1-3-6-15)9-25-27-21(32)14-29-12-17(10-26-29)31(33)34/h1-12H,13-14H2,(H,27,32)/b25-9-. The summed E-state index contributed by atoms with van der Waals surface area (Å²) in [4.78, 5) is 22.2. The fourth-order valence-electron chi connectivity index (χ4n) is 3.17. The predicted octanol–water partition coefficient (Wildman–Crippen LogP) is 3.65. The third kappa shape index (κ3) is 5.33. The molecule has 0 bridgehead atoms. The number of aromatic nitrogens is 4. The lowest BCUT2D eigenvalue weighted by atomic mass is 10.1. The number of hydrogen-bond acceptors (Lipinski definition) is 6. The fourth-order valence-corrected chi connectivity index (χ4v) is 3.39. The van der Waals surface area contributed by atoms with Gasteiger partial charge in [0.2, 0.25) is 0 Å². The van der Waals surface area contributed by atoms with E-state index >= 15 is 0 Å². The Bertz CT molecular complexity index is 1350. The van der Waals surface area contributed by atoms with Crippen molar-refractivity contribution in [3.63, 3.8) is 0 Å². The monoisotopic (exact) mass is 481 g/mol. The van der Waals surface area contributed by atoms with Gasteiger partial charge in [0, 0.05) is 27.9 Å². The van der Waals surface area contributed by atoms with Crippen molar-refractivity contribution in [1.29, 1.82) is 0 Å². The van der Waals surface area contributed by atoms with Crippen molar-refractivity contribution in [1.82, 2.24) is 25.0 Å². The van der Waals surface area contributed by atoms with E-state index in [1.54, 1.807) is 16.9 Å². The van der Waals surface area contributed by atoms with Crippen LogP contribution in [0.5, 0.6) is 0 Å². The maximum atomic E-state index is 14.2. The van der Waals surface area contributed by atoms with Crippen LogP contribution in [0.25, 0.3) is 11.3 Å². The number of benzene rings is 2. The first kappa shape index (κ1) is 22.8. The molecule has 4 aromatic rings. The lowest BCUT2D eigenvalue weighted by Gasteiger charge is -2.05. The first-order valence-corrected chi connectivity index (χ1v) is 10.3. The zero-order valence-corrected chi connectivity index (χ0v) is 18.3. The average molecular weight is 482 g/mol. The molecule has 0 spiro atoms. The van der Waals surface area contributed by atoms with Crippen molar-refractivity contribution in [2.45, 2.75) is 13.1 Å². The number of halogens is 2. The number of rotatable bonds is 8. The molecule has 0 atom stereocenters. The van der Waals surface area contributed by atoms with Crippen molar-refractivity contribution in [2.75, 3.05) is 0 Å². The second-order valence-electron chi connectivity index (χ2n) is 7.14. The molecule has 34 heavy (non-hydrogen) atoms. The summed E-state index contributed by atoms with van der Waals surface area (Å²) < 4.78 is 16.9. The van der Waals surface area contributed by atoms with Crippen LogP contribution in [0.1, 0.15) is 11.1 Å². The Kier molecular flexibility index (Phi) is 6.74. The molecule has 2 heterocycles. The first-order valence-electron chi connectivity index (χ1n) is 9.95. The van der Waals surface area contributed by atoms with Gasteiger partial charge in [-0.2, -0.15) is 15.3 Å². The van der Waals surface area contributed by atoms with Gasteiger partial charge in [0.1, 0.15) is 30.4 Å². The first-order chi connectivity index (χ1) is 16.4. The van der Waals surface area contributed by atoms with E-state index in [-0.39, 0.29) is 23.8 Å². The number of carbonyl (C=O) groups excluding carboxylic acids is 1. The Morgan fingerprint density at radius 3 is 2.68 bits per heavy atom. The smallest absolute Gasteiger partial charge is 0.271 e. The van der Waals surface area contributed by atoms with E-state index in [1.165, 1.54) is 18.3 Å². The summed E-state index contributed by atoms with van der Waals surface area (Å²) in [5.41, 5.74) is 4.40. The number of hydrazone groups is 1. The van der Waals surface area contributed by atoms with Gasteiger partial charge in [-0.15, -0.1) is 0 Å². The molecule has 4 rings (SSSR count). The van der Waals surface area contributed by atoms with Crippen LogP contribution >= 0.6 is 11.6 Å². The number of nitro groups is 1. The van der Waals surface area contributed by atoms with Crippen molar-refractivity contribution in [2.24, 2.45) is 5.10 Å². The minimum absolute atomic E-state index is 0.101. The Balaban J connectivity index is 1.53. The van der Waals surface area contributed by atoms with E-state index < -0.39 is 16.6 Å². The second-order valence-corrected chi connectivity index (χ2v) is 7.55. The van der Waals surface area contributed by atoms with Crippen LogP contribution in [0.2, 0.25) is 5.02 Å². The summed E-state index contributed by atoms with van der Waals surface area (Å²) in [5, 5.41) is 23.3. The largest absolute Gasteiger partial charge is 0.307 e. The van der Waals surface area contributed by atoms with Crippen LogP contribution in [0.3, 0.4) is 0 Å². The van der Waals surface area contributed by atoms with Crippen LogP contribution in [0.4, 0.5) is 10.1 Å². The van der Waals surface area contributed by atoms with E-state index in [0.717, 1.165) is 22.6 Å². The maximum absolute atomic E-state index is 14.2. The van der Waals surface area contributed by atoms with Gasteiger partial charge in [-0.05, 0) is 12.1 Å². The normalized spacial score (nSPS) is 11.1. The molecular formula is C22H17ClFN7O3. The van der Waals surface area contributed by atoms with Gasteiger partial charge in [0.15, 0.2) is 0 Å². The van der Waals surface area contributed by atoms with E-state index in [4.69, 9.17) is 11.6 Å². The third-order valence-electron chi connectivity index (χ3n) is 4.75. The van der Waals surface area contributed by atoms with Crippen LogP contribution in [-0.2, 0) is 17.9 Å². The molecule has 1 N–H and O–H groups in total. The number of nitrogens with zero attached hydrogens (tertiary/aromatic N) is 6. The van der Waals surface area contributed by atoms with Crippen LogP contribution in [-0.4, -0.2) is 36.6 Å². The molecule has 10 nitrogen and oxygen atoms in total. The fraction of sp³-hybridized carbons (Fsp3) is 0.0909. The van der Waals surface area contributed by atoms with Crippen LogP contribution in [0, 0.1) is 15.9 Å². The molecule has 2 aromatic carbocycles. The number of carbonyl (C=O) groups is 1. The summed E-state index contributed by atoms with van der Waals surface area (Å²) >= 11 is 6.15. The van der Waals surface area contributed by atoms with E-state index in [0.29, 0.717) is 16.8 Å². The Morgan fingerprint density at radius 2 is 1.97 bits per heavy atom. The average Bonchev–Trinajstić information content (AvgIpc) is 3.44. The van der Waals surface area contributed by atoms with Gasteiger partial charge in [0.05, 0.1) is 17.7 Å². The molecule has 2 aromatic heterocycles. The molecule has 0 aliphatic carbocycles. The van der Waals surface area contributed by atoms with Gasteiger partial charge in [-0.3, -0.25) is 24.3 Å². The van der Waals surface area contributed by atoms with Gasteiger partial charge in [0.25, 0.3) is 5.91 Å². The zero-order valence-electron chi connectivity index (χ0n) is 17.5. The molecular weight excluding hydrogens is 465 g/mol. The van der Waals surface area contributed by atoms with Crippen molar-refractivity contribution < 1.29 is 14.1 Å². The van der Waals surface area contributed by atoms with Gasteiger partial charge >= 0.3 is 5.69 Å². The lowest BCUT2D eigenvalue weighted by molar-refractivity contribution is -0.385. The van der Waals surface area contributed by atoms with Gasteiger partial charge in [-0.1, -0.05) is 48.0 Å². The minimum atomic E-state index is -0.600. The van der Waals surface area contributed by atoms with Crippen LogP contribution in [0.15, 0.2) is 72.2 Å². The highest BCUT2D eigenvalue weighted by Crippen LogP contribution is 2.24. The summed E-state index contributed by atoms with van der Waals surface area (Å²) in [5.74, 6) is -0.966. The zero-order chi connectivity index (χ0) is 24.1. The summed E-state index contributed by atoms with van der Waals surface area (Å²) in [6.45, 7) is -0.147. The van der Waals surface area contributed by atoms with Crippen molar-refractivity contribution >= 4 is 29.4 Å². The SMILES string of the molecule is O=C(Cn1cc([N+](=O)[O-])cn1)N/N=C\c1cn(Cc2c(F)cccc2Cl)nc1-c1ccccc1. The Morgan fingerprint density at radius 1 is 1.18 bits per heavy atom. The highest BCUT2D eigenvalue weighted by Gasteiger charge is 2.14. The maximum Gasteiger partial charge on any atom is 0.307 e. The second kappa shape index (κ2) is 10.0. The van der Waals surface area contributed by atoms with Crippen molar-refractivity contribution in [3.05, 3.63) is 99.2 Å². The molecule has 12 heteroatoms. The molecule has 0 radical (unpaired) electrons. The molecule has 1 amide bonds. The number of nitrogens with one attached hydrogen (secondary N) is 1. The Labute approximate surface area is 197 Å². The minimum Gasteiger partial charge on any atom is -0.271 e. The number of amides is 1. The highest BCUT2D eigenvalue weighted by molar-refractivity contribution is 6.31. The summed E-state index contributed by atoms with van der Waals surface area (Å²) in [6, 6.07) is 13.8. The quantitative estimate of drug-likeness (QED) is 0.234. The van der Waals surface area contributed by atoms with E-state index in [1.807, 2.05) is 30.3 Å². The van der Waals surface area contributed by atoms with Crippen molar-refractivity contribution in [3.8, 4) is 11.3 Å². The Hall–Kier alpha value is -4.38. The van der Waals surface area contributed by atoms with Crippen LogP contribution < -0.4 is 5.43 Å². The molecule has 0 saturated heterocycles. The third-order valence-corrected chi connectivity index (χ3v) is 5.10. The van der Waals surface area contributed by atoms with Gasteiger partial charge < -0.3 is 0 Å². The summed E-state index contributed by atoms with van der Waals surface area (Å²) in [6.07, 6.45) is 5.28. The van der Waals surface area contributed by atoms with E-state index in [2.05, 4.69) is 20.7 Å². The molecule has 0 saturated carbocycles.